The summed E-state index contributed by atoms with van der Waals surface area (Å²) < 4.78 is 26.0. The number of nitrogens with zero attached hydrogens (tertiary/aromatic N) is 2. The maximum Gasteiger partial charge on any atom is 0.337 e. The number of carboxylic acids is 1. The zero-order chi connectivity index (χ0) is 15.6. The lowest BCUT2D eigenvalue weighted by Crippen LogP contribution is -2.26. The van der Waals surface area contributed by atoms with Crippen molar-refractivity contribution in [2.24, 2.45) is 0 Å². The molecule has 8 heteroatoms. The van der Waals surface area contributed by atoms with Crippen LogP contribution in [0.4, 0.5) is 5.69 Å². The Labute approximate surface area is 126 Å². The summed E-state index contributed by atoms with van der Waals surface area (Å²) >= 11 is 5.81. The van der Waals surface area contributed by atoms with E-state index in [2.05, 4.69) is 4.98 Å². The van der Waals surface area contributed by atoms with Gasteiger partial charge in [-0.25, -0.2) is 13.2 Å². The molecule has 0 spiro atoms. The number of carbonyl (C=O) groups is 1. The number of aromatic carboxylic acids is 1. The average molecular weight is 327 g/mol. The molecule has 2 rings (SSSR count). The van der Waals surface area contributed by atoms with E-state index in [1.807, 2.05) is 0 Å². The molecule has 0 radical (unpaired) electrons. The van der Waals surface area contributed by atoms with Crippen LogP contribution in [0.2, 0.25) is 5.02 Å². The number of halogens is 1. The Morgan fingerprint density at radius 2 is 1.86 bits per heavy atom. The number of aromatic nitrogens is 1. The fourth-order valence-electron chi connectivity index (χ4n) is 1.68. The minimum Gasteiger partial charge on any atom is -0.478 e. The van der Waals surface area contributed by atoms with Gasteiger partial charge in [0.25, 0.3) is 10.0 Å². The van der Waals surface area contributed by atoms with E-state index in [-0.39, 0.29) is 15.5 Å². The van der Waals surface area contributed by atoms with E-state index in [4.69, 9.17) is 16.7 Å². The molecular formula is C13H11ClN2O4S. The lowest BCUT2D eigenvalue weighted by Gasteiger charge is -2.19. The summed E-state index contributed by atoms with van der Waals surface area (Å²) in [5.74, 6) is -1.22. The van der Waals surface area contributed by atoms with Crippen molar-refractivity contribution in [2.45, 2.75) is 4.90 Å². The second-order valence-electron chi connectivity index (χ2n) is 4.12. The molecule has 110 valence electrons. The van der Waals surface area contributed by atoms with Crippen LogP contribution in [0.15, 0.2) is 47.6 Å². The van der Waals surface area contributed by atoms with Gasteiger partial charge in [-0.1, -0.05) is 11.6 Å². The largest absolute Gasteiger partial charge is 0.478 e. The summed E-state index contributed by atoms with van der Waals surface area (Å²) in [5, 5.41) is 8.76. The third kappa shape index (κ3) is 2.98. The number of pyridine rings is 1. The predicted octanol–water partition coefficient (Wildman–Crippen LogP) is 2.26. The Balaban J connectivity index is 2.45. The van der Waals surface area contributed by atoms with Gasteiger partial charge in [0.2, 0.25) is 0 Å². The van der Waals surface area contributed by atoms with Crippen LogP contribution in [0.1, 0.15) is 10.4 Å². The van der Waals surface area contributed by atoms with E-state index in [1.54, 1.807) is 12.1 Å². The molecule has 6 nitrogen and oxygen atoms in total. The van der Waals surface area contributed by atoms with E-state index in [0.717, 1.165) is 16.4 Å². The van der Waals surface area contributed by atoms with Gasteiger partial charge in [0.1, 0.15) is 0 Å². The summed E-state index contributed by atoms with van der Waals surface area (Å²) in [6.45, 7) is 0. The van der Waals surface area contributed by atoms with Crippen molar-refractivity contribution in [1.29, 1.82) is 0 Å². The summed E-state index contributed by atoms with van der Waals surface area (Å²) in [5.41, 5.74) is 0.283. The first-order valence-electron chi connectivity index (χ1n) is 5.76. The molecular weight excluding hydrogens is 316 g/mol. The van der Waals surface area contributed by atoms with E-state index < -0.39 is 16.0 Å². The van der Waals surface area contributed by atoms with Crippen LogP contribution >= 0.6 is 11.6 Å². The van der Waals surface area contributed by atoms with Crippen LogP contribution in [0, 0.1) is 0 Å². The van der Waals surface area contributed by atoms with Gasteiger partial charge in [-0.05, 0) is 30.3 Å². The SMILES string of the molecule is CN(c1ccncc1)S(=O)(=O)c1ccc(C(=O)O)c(Cl)c1. The van der Waals surface area contributed by atoms with Gasteiger partial charge in [-0.2, -0.15) is 0 Å². The molecule has 0 saturated carbocycles. The van der Waals surface area contributed by atoms with Crippen molar-refractivity contribution < 1.29 is 18.3 Å². The Morgan fingerprint density at radius 1 is 1.24 bits per heavy atom. The van der Waals surface area contributed by atoms with E-state index in [9.17, 15) is 13.2 Å². The van der Waals surface area contributed by atoms with Gasteiger partial charge in [0.15, 0.2) is 0 Å². The van der Waals surface area contributed by atoms with Crippen LogP contribution < -0.4 is 4.31 Å². The van der Waals surface area contributed by atoms with Crippen molar-refractivity contribution in [2.75, 3.05) is 11.4 Å². The highest BCUT2D eigenvalue weighted by molar-refractivity contribution is 7.92. The normalized spacial score (nSPS) is 11.1. The maximum absolute atomic E-state index is 12.5. The minimum atomic E-state index is -3.83. The second kappa shape index (κ2) is 5.71. The molecule has 0 aliphatic carbocycles. The Bertz CT molecular complexity index is 778. The van der Waals surface area contributed by atoms with Gasteiger partial charge in [-0.3, -0.25) is 9.29 Å². The molecule has 0 fully saturated rings. The Morgan fingerprint density at radius 3 is 2.38 bits per heavy atom. The number of hydrogen-bond acceptors (Lipinski definition) is 4. The molecule has 1 heterocycles. The molecule has 1 aromatic carbocycles. The molecule has 1 aromatic heterocycles. The first-order chi connectivity index (χ1) is 9.84. The fraction of sp³-hybridized carbons (Fsp3) is 0.0769. The fourth-order valence-corrected chi connectivity index (χ4v) is 3.23. The molecule has 21 heavy (non-hydrogen) atoms. The maximum atomic E-state index is 12.5. The zero-order valence-corrected chi connectivity index (χ0v) is 12.5. The first-order valence-corrected chi connectivity index (χ1v) is 7.57. The highest BCUT2D eigenvalue weighted by atomic mass is 35.5. The monoisotopic (exact) mass is 326 g/mol. The molecule has 0 saturated heterocycles. The molecule has 0 atom stereocenters. The van der Waals surface area contributed by atoms with E-state index >= 15 is 0 Å². The summed E-state index contributed by atoms with van der Waals surface area (Å²) in [7, 11) is -2.44. The highest BCUT2D eigenvalue weighted by Crippen LogP contribution is 2.25. The molecule has 2 aromatic rings. The van der Waals surface area contributed by atoms with E-state index in [0.29, 0.717) is 5.69 Å². The predicted molar refractivity (Wildman–Crippen MR) is 78.2 cm³/mol. The van der Waals surface area contributed by atoms with Crippen LogP contribution in [-0.4, -0.2) is 31.5 Å². The third-order valence-electron chi connectivity index (χ3n) is 2.86. The number of hydrogen-bond donors (Lipinski definition) is 1. The lowest BCUT2D eigenvalue weighted by atomic mass is 10.2. The summed E-state index contributed by atoms with van der Waals surface area (Å²) in [6.07, 6.45) is 2.95. The second-order valence-corrected chi connectivity index (χ2v) is 6.50. The Hall–Kier alpha value is -2.12. The van der Waals surface area contributed by atoms with Crippen LogP contribution in [0.25, 0.3) is 0 Å². The van der Waals surface area contributed by atoms with Crippen molar-refractivity contribution in [1.82, 2.24) is 4.98 Å². The molecule has 0 unspecified atom stereocenters. The number of rotatable bonds is 4. The van der Waals surface area contributed by atoms with Crippen molar-refractivity contribution >= 4 is 33.3 Å². The molecule has 1 N–H and O–H groups in total. The standard InChI is InChI=1S/C13H11ClN2O4S/c1-16(9-4-6-15-7-5-9)21(19,20)10-2-3-11(13(17)18)12(14)8-10/h2-8H,1H3,(H,17,18). The molecule has 0 amide bonds. The van der Waals surface area contributed by atoms with Crippen molar-refractivity contribution in [3.8, 4) is 0 Å². The van der Waals surface area contributed by atoms with Crippen LogP contribution in [0.5, 0.6) is 0 Å². The lowest BCUT2D eigenvalue weighted by molar-refractivity contribution is 0.0697. The van der Waals surface area contributed by atoms with Crippen molar-refractivity contribution in [3.05, 3.63) is 53.3 Å². The number of sulfonamides is 1. The molecule has 0 aliphatic rings. The third-order valence-corrected chi connectivity index (χ3v) is 4.95. The zero-order valence-electron chi connectivity index (χ0n) is 10.9. The minimum absolute atomic E-state index is 0.0863. The smallest absolute Gasteiger partial charge is 0.337 e. The van der Waals surface area contributed by atoms with Gasteiger partial charge < -0.3 is 5.11 Å². The quantitative estimate of drug-likeness (QED) is 0.931. The number of carboxylic acid groups (broad SMARTS) is 1. The van der Waals surface area contributed by atoms with Gasteiger partial charge in [0, 0.05) is 19.4 Å². The first kappa shape index (κ1) is 15.3. The Kier molecular flexibility index (Phi) is 4.15. The van der Waals surface area contributed by atoms with E-state index in [1.165, 1.54) is 25.5 Å². The highest BCUT2D eigenvalue weighted by Gasteiger charge is 2.23. The van der Waals surface area contributed by atoms with Crippen LogP contribution in [0.3, 0.4) is 0 Å². The van der Waals surface area contributed by atoms with Gasteiger partial charge in [-0.15, -0.1) is 0 Å². The van der Waals surface area contributed by atoms with Gasteiger partial charge >= 0.3 is 5.97 Å². The summed E-state index contributed by atoms with van der Waals surface area (Å²) in [4.78, 5) is 14.6. The number of benzene rings is 1. The molecule has 0 bridgehead atoms. The van der Waals surface area contributed by atoms with Crippen molar-refractivity contribution in [3.63, 3.8) is 0 Å². The average Bonchev–Trinajstić information content (AvgIpc) is 2.46. The molecule has 0 aliphatic heterocycles. The summed E-state index contributed by atoms with van der Waals surface area (Å²) in [6, 6.07) is 6.59. The number of anilines is 1. The topological polar surface area (TPSA) is 87.6 Å². The van der Waals surface area contributed by atoms with Gasteiger partial charge in [0.05, 0.1) is 21.2 Å². The van der Waals surface area contributed by atoms with Crippen LogP contribution in [-0.2, 0) is 10.0 Å².